The van der Waals surface area contributed by atoms with Gasteiger partial charge in [-0.15, -0.1) is 12.3 Å². The van der Waals surface area contributed by atoms with E-state index in [0.29, 0.717) is 19.5 Å². The van der Waals surface area contributed by atoms with Crippen molar-refractivity contribution < 1.29 is 4.39 Å². The molecular formula is C12H15FN2. The fraction of sp³-hybridized carbons (Fsp3) is 0.333. The van der Waals surface area contributed by atoms with Gasteiger partial charge in [0.25, 0.3) is 0 Å². The van der Waals surface area contributed by atoms with Crippen molar-refractivity contribution in [1.82, 2.24) is 5.32 Å². The number of nitrogens with two attached hydrogens (primary N) is 1. The van der Waals surface area contributed by atoms with Crippen LogP contribution in [-0.2, 0) is 0 Å². The summed E-state index contributed by atoms with van der Waals surface area (Å²) in [5, 5.41) is 3.18. The van der Waals surface area contributed by atoms with Crippen molar-refractivity contribution in [3.8, 4) is 12.3 Å². The molecule has 0 aliphatic carbocycles. The van der Waals surface area contributed by atoms with Crippen molar-refractivity contribution in [3.63, 3.8) is 0 Å². The first-order valence-corrected chi connectivity index (χ1v) is 4.90. The molecule has 1 aromatic rings. The van der Waals surface area contributed by atoms with E-state index in [1.807, 2.05) is 6.07 Å². The number of rotatable bonds is 5. The zero-order valence-corrected chi connectivity index (χ0v) is 8.54. The Labute approximate surface area is 89.7 Å². The van der Waals surface area contributed by atoms with E-state index in [1.165, 1.54) is 12.1 Å². The predicted molar refractivity (Wildman–Crippen MR) is 59.6 cm³/mol. The third-order valence-corrected chi connectivity index (χ3v) is 2.15. The fourth-order valence-corrected chi connectivity index (χ4v) is 1.38. The van der Waals surface area contributed by atoms with E-state index in [2.05, 4.69) is 11.2 Å². The van der Waals surface area contributed by atoms with Crippen LogP contribution in [0.2, 0.25) is 0 Å². The summed E-state index contributed by atoms with van der Waals surface area (Å²) in [4.78, 5) is 0. The highest BCUT2D eigenvalue weighted by Gasteiger charge is 2.08. The first-order valence-electron chi connectivity index (χ1n) is 4.90. The van der Waals surface area contributed by atoms with Gasteiger partial charge in [0.15, 0.2) is 0 Å². The number of hydrogen-bond donors (Lipinski definition) is 2. The molecule has 0 bridgehead atoms. The molecule has 1 aromatic carbocycles. The van der Waals surface area contributed by atoms with Gasteiger partial charge in [0.05, 0.1) is 0 Å². The minimum atomic E-state index is -0.246. The normalized spacial score (nSPS) is 12.1. The molecule has 0 aliphatic rings. The summed E-state index contributed by atoms with van der Waals surface area (Å²) in [7, 11) is 0. The molecule has 0 heterocycles. The molecule has 80 valence electrons. The molecule has 1 atom stereocenters. The first kappa shape index (κ1) is 11.7. The second-order valence-corrected chi connectivity index (χ2v) is 3.25. The van der Waals surface area contributed by atoms with Gasteiger partial charge < -0.3 is 11.1 Å². The van der Waals surface area contributed by atoms with Crippen LogP contribution in [0.25, 0.3) is 0 Å². The molecule has 1 rings (SSSR count). The van der Waals surface area contributed by atoms with Gasteiger partial charge in [0, 0.05) is 25.6 Å². The zero-order valence-electron chi connectivity index (χ0n) is 8.54. The number of halogens is 1. The van der Waals surface area contributed by atoms with Crippen molar-refractivity contribution in [1.29, 1.82) is 0 Å². The molecule has 0 saturated carbocycles. The number of hydrogen-bond acceptors (Lipinski definition) is 2. The second-order valence-electron chi connectivity index (χ2n) is 3.25. The number of benzene rings is 1. The van der Waals surface area contributed by atoms with Gasteiger partial charge in [-0.1, -0.05) is 12.1 Å². The summed E-state index contributed by atoms with van der Waals surface area (Å²) in [5.41, 5.74) is 6.46. The lowest BCUT2D eigenvalue weighted by atomic mass is 10.1. The van der Waals surface area contributed by atoms with Crippen LogP contribution in [0.3, 0.4) is 0 Å². The van der Waals surface area contributed by atoms with Crippen molar-refractivity contribution in [2.24, 2.45) is 5.73 Å². The molecule has 0 aromatic heterocycles. The lowest BCUT2D eigenvalue weighted by Gasteiger charge is -2.16. The van der Waals surface area contributed by atoms with E-state index in [-0.39, 0.29) is 11.9 Å². The van der Waals surface area contributed by atoms with Crippen molar-refractivity contribution in [2.75, 3.05) is 13.1 Å². The van der Waals surface area contributed by atoms with E-state index in [0.717, 1.165) is 5.56 Å². The Bertz CT molecular complexity index is 344. The highest BCUT2D eigenvalue weighted by atomic mass is 19.1. The third kappa shape index (κ3) is 3.70. The summed E-state index contributed by atoms with van der Waals surface area (Å²) < 4.78 is 13.0. The Morgan fingerprint density at radius 1 is 1.53 bits per heavy atom. The molecule has 0 radical (unpaired) electrons. The number of nitrogens with one attached hydrogen (secondary N) is 1. The fourth-order valence-electron chi connectivity index (χ4n) is 1.38. The Kier molecular flexibility index (Phi) is 4.82. The van der Waals surface area contributed by atoms with Crippen LogP contribution >= 0.6 is 0 Å². The minimum Gasteiger partial charge on any atom is -0.329 e. The van der Waals surface area contributed by atoms with E-state index < -0.39 is 0 Å². The van der Waals surface area contributed by atoms with Gasteiger partial charge >= 0.3 is 0 Å². The third-order valence-electron chi connectivity index (χ3n) is 2.15. The van der Waals surface area contributed by atoms with Crippen LogP contribution in [0.4, 0.5) is 4.39 Å². The Balaban J connectivity index is 2.62. The lowest BCUT2D eigenvalue weighted by Crippen LogP contribution is -2.28. The molecule has 2 nitrogen and oxygen atoms in total. The molecule has 0 aliphatic heterocycles. The molecule has 0 amide bonds. The van der Waals surface area contributed by atoms with Crippen LogP contribution < -0.4 is 11.1 Å². The Morgan fingerprint density at radius 3 is 2.93 bits per heavy atom. The van der Waals surface area contributed by atoms with Gasteiger partial charge in [-0.05, 0) is 17.7 Å². The molecule has 0 spiro atoms. The maximum atomic E-state index is 13.0. The van der Waals surface area contributed by atoms with Gasteiger partial charge in [0.1, 0.15) is 5.82 Å². The molecule has 0 fully saturated rings. The highest BCUT2D eigenvalue weighted by Crippen LogP contribution is 2.12. The summed E-state index contributed by atoms with van der Waals surface area (Å²) in [6.07, 6.45) is 5.78. The molecule has 3 heteroatoms. The zero-order chi connectivity index (χ0) is 11.1. The van der Waals surface area contributed by atoms with E-state index in [4.69, 9.17) is 12.2 Å². The highest BCUT2D eigenvalue weighted by molar-refractivity contribution is 5.20. The van der Waals surface area contributed by atoms with Crippen molar-refractivity contribution in [3.05, 3.63) is 35.6 Å². The monoisotopic (exact) mass is 206 g/mol. The van der Waals surface area contributed by atoms with Crippen molar-refractivity contribution in [2.45, 2.75) is 12.5 Å². The first-order chi connectivity index (χ1) is 7.27. The molecule has 3 N–H and O–H groups in total. The van der Waals surface area contributed by atoms with Crippen LogP contribution in [0, 0.1) is 18.2 Å². The maximum Gasteiger partial charge on any atom is 0.123 e. The van der Waals surface area contributed by atoms with Crippen LogP contribution in [0.5, 0.6) is 0 Å². The average molecular weight is 206 g/mol. The standard InChI is InChI=1S/C12H15FN2/c1-2-3-7-15-12(9-14)10-5-4-6-11(13)8-10/h1,4-6,8,12,15H,3,7,9,14H2. The van der Waals surface area contributed by atoms with Gasteiger partial charge in [-0.2, -0.15) is 0 Å². The van der Waals surface area contributed by atoms with E-state index in [9.17, 15) is 4.39 Å². The smallest absolute Gasteiger partial charge is 0.123 e. The Morgan fingerprint density at radius 2 is 2.33 bits per heavy atom. The topological polar surface area (TPSA) is 38.0 Å². The van der Waals surface area contributed by atoms with E-state index >= 15 is 0 Å². The van der Waals surface area contributed by atoms with Crippen LogP contribution in [0.1, 0.15) is 18.0 Å². The maximum absolute atomic E-state index is 13.0. The number of terminal acetylenes is 1. The lowest BCUT2D eigenvalue weighted by molar-refractivity contribution is 0.544. The van der Waals surface area contributed by atoms with Gasteiger partial charge in [0.2, 0.25) is 0 Å². The molecule has 15 heavy (non-hydrogen) atoms. The average Bonchev–Trinajstić information content (AvgIpc) is 2.24. The SMILES string of the molecule is C#CCCNC(CN)c1cccc(F)c1. The van der Waals surface area contributed by atoms with Gasteiger partial charge in [-0.3, -0.25) is 0 Å². The Hall–Kier alpha value is -1.37. The molecular weight excluding hydrogens is 191 g/mol. The van der Waals surface area contributed by atoms with Crippen LogP contribution in [0.15, 0.2) is 24.3 Å². The minimum absolute atomic E-state index is 0.0333. The summed E-state index contributed by atoms with van der Waals surface area (Å²) >= 11 is 0. The van der Waals surface area contributed by atoms with Gasteiger partial charge in [-0.25, -0.2) is 4.39 Å². The predicted octanol–water partition coefficient (Wildman–Crippen LogP) is 1.44. The second kappa shape index (κ2) is 6.18. The quantitative estimate of drug-likeness (QED) is 0.565. The van der Waals surface area contributed by atoms with E-state index in [1.54, 1.807) is 6.07 Å². The molecule has 1 unspecified atom stereocenters. The largest absolute Gasteiger partial charge is 0.329 e. The summed E-state index contributed by atoms with van der Waals surface area (Å²) in [6.45, 7) is 1.11. The van der Waals surface area contributed by atoms with Crippen molar-refractivity contribution >= 4 is 0 Å². The van der Waals surface area contributed by atoms with Crippen LogP contribution in [-0.4, -0.2) is 13.1 Å². The molecule has 0 saturated heterocycles. The summed E-state index contributed by atoms with van der Waals surface area (Å²) in [6, 6.07) is 6.40. The summed E-state index contributed by atoms with van der Waals surface area (Å²) in [5.74, 6) is 2.29.